The van der Waals surface area contributed by atoms with E-state index in [9.17, 15) is 9.59 Å². The Morgan fingerprint density at radius 2 is 1.88 bits per heavy atom. The van der Waals surface area contributed by atoms with Gasteiger partial charge in [-0.05, 0) is 18.2 Å². The van der Waals surface area contributed by atoms with Gasteiger partial charge in [0.15, 0.2) is 0 Å². The lowest BCUT2D eigenvalue weighted by molar-refractivity contribution is -0.134. The third kappa shape index (κ3) is 3.67. The van der Waals surface area contributed by atoms with E-state index in [1.54, 1.807) is 11.8 Å². The number of nitrogens with zero attached hydrogens (tertiary/aromatic N) is 3. The molecule has 1 N–H and O–H groups in total. The molecule has 2 fully saturated rings. The van der Waals surface area contributed by atoms with E-state index in [1.807, 2.05) is 53.1 Å². The molecule has 0 aliphatic carbocycles. The summed E-state index contributed by atoms with van der Waals surface area (Å²) in [6.07, 6.45) is 0. The van der Waals surface area contributed by atoms with Gasteiger partial charge in [0.05, 0.1) is 6.04 Å². The zero-order chi connectivity index (χ0) is 17.1. The van der Waals surface area contributed by atoms with Crippen molar-refractivity contribution in [3.05, 3.63) is 29.8 Å². The number of hydrogen-bond acceptors (Lipinski definition) is 5. The predicted octanol–water partition coefficient (Wildman–Crippen LogP) is 0.700. The summed E-state index contributed by atoms with van der Waals surface area (Å²) >= 11 is 1.75. The lowest BCUT2D eigenvalue weighted by atomic mass is 10.1. The third-order valence-corrected chi connectivity index (χ3v) is 5.44. The van der Waals surface area contributed by atoms with Crippen LogP contribution in [0.3, 0.4) is 0 Å². The van der Waals surface area contributed by atoms with Crippen molar-refractivity contribution in [2.45, 2.75) is 6.04 Å². The number of rotatable bonds is 3. The molecule has 2 saturated heterocycles. The highest BCUT2D eigenvalue weighted by Gasteiger charge is 2.30. The van der Waals surface area contributed by atoms with Crippen LogP contribution >= 0.6 is 11.8 Å². The van der Waals surface area contributed by atoms with Crippen LogP contribution in [0.2, 0.25) is 0 Å². The molecule has 1 aromatic rings. The second-order valence-electron chi connectivity index (χ2n) is 6.33. The van der Waals surface area contributed by atoms with E-state index >= 15 is 0 Å². The standard InChI is InChI=1S/C17H24N4O2S/c1-19(2)14-5-3-4-13(10-14)16(22)20-6-8-21(9-7-20)17(23)15-11-24-12-18-15/h3-5,10,15,18H,6-9,11-12H2,1-2H3. The minimum atomic E-state index is -0.0611. The molecule has 3 rings (SSSR count). The van der Waals surface area contributed by atoms with E-state index in [1.165, 1.54) is 0 Å². The maximum atomic E-state index is 12.7. The van der Waals surface area contributed by atoms with Crippen LogP contribution in [0.25, 0.3) is 0 Å². The van der Waals surface area contributed by atoms with Gasteiger partial charge in [-0.3, -0.25) is 14.9 Å². The van der Waals surface area contributed by atoms with E-state index in [4.69, 9.17) is 0 Å². The van der Waals surface area contributed by atoms with Crippen molar-refractivity contribution in [1.29, 1.82) is 0 Å². The van der Waals surface area contributed by atoms with Crippen molar-refractivity contribution in [3.8, 4) is 0 Å². The predicted molar refractivity (Wildman–Crippen MR) is 97.5 cm³/mol. The summed E-state index contributed by atoms with van der Waals surface area (Å²) in [6.45, 7) is 2.41. The lowest BCUT2D eigenvalue weighted by Crippen LogP contribution is -2.54. The molecular formula is C17H24N4O2S. The summed E-state index contributed by atoms with van der Waals surface area (Å²) in [5.41, 5.74) is 1.72. The lowest BCUT2D eigenvalue weighted by Gasteiger charge is -2.36. The fourth-order valence-corrected chi connectivity index (χ4v) is 3.94. The third-order valence-electron chi connectivity index (χ3n) is 4.50. The minimum Gasteiger partial charge on any atom is -0.378 e. The van der Waals surface area contributed by atoms with Crippen LogP contribution in [-0.2, 0) is 4.79 Å². The zero-order valence-electron chi connectivity index (χ0n) is 14.2. The molecule has 0 aromatic heterocycles. The second-order valence-corrected chi connectivity index (χ2v) is 7.36. The van der Waals surface area contributed by atoms with Crippen molar-refractivity contribution >= 4 is 29.3 Å². The Morgan fingerprint density at radius 1 is 1.17 bits per heavy atom. The van der Waals surface area contributed by atoms with Gasteiger partial charge in [0.1, 0.15) is 0 Å². The Kier molecular flexibility index (Phi) is 5.30. The summed E-state index contributed by atoms with van der Waals surface area (Å²) in [7, 11) is 3.92. The Bertz CT molecular complexity index is 608. The smallest absolute Gasteiger partial charge is 0.254 e. The van der Waals surface area contributed by atoms with E-state index in [0.717, 1.165) is 17.3 Å². The van der Waals surface area contributed by atoms with Crippen molar-refractivity contribution in [2.24, 2.45) is 0 Å². The molecule has 1 atom stereocenters. The quantitative estimate of drug-likeness (QED) is 0.871. The number of amides is 2. The molecule has 1 unspecified atom stereocenters. The molecule has 130 valence electrons. The highest BCUT2D eigenvalue weighted by Crippen LogP contribution is 2.17. The molecule has 24 heavy (non-hydrogen) atoms. The number of benzene rings is 1. The SMILES string of the molecule is CN(C)c1cccc(C(=O)N2CCN(C(=O)C3CSCN3)CC2)c1. The Balaban J connectivity index is 1.59. The number of anilines is 1. The first kappa shape index (κ1) is 17.1. The van der Waals surface area contributed by atoms with E-state index in [2.05, 4.69) is 5.32 Å². The zero-order valence-corrected chi connectivity index (χ0v) is 15.0. The number of piperazine rings is 1. The van der Waals surface area contributed by atoms with Crippen molar-refractivity contribution in [2.75, 3.05) is 56.8 Å². The van der Waals surface area contributed by atoms with Crippen molar-refractivity contribution in [3.63, 3.8) is 0 Å². The molecule has 7 heteroatoms. The van der Waals surface area contributed by atoms with Crippen molar-refractivity contribution in [1.82, 2.24) is 15.1 Å². The Morgan fingerprint density at radius 3 is 2.50 bits per heavy atom. The summed E-state index contributed by atoms with van der Waals surface area (Å²) in [5, 5.41) is 3.22. The molecule has 0 bridgehead atoms. The normalized spacial score (nSPS) is 21.0. The Labute approximate surface area is 147 Å². The van der Waals surface area contributed by atoms with E-state index in [-0.39, 0.29) is 17.9 Å². The maximum absolute atomic E-state index is 12.7. The van der Waals surface area contributed by atoms with Crippen LogP contribution in [0.15, 0.2) is 24.3 Å². The number of thioether (sulfide) groups is 1. The number of nitrogens with one attached hydrogen (secondary N) is 1. The molecule has 1 aromatic carbocycles. The van der Waals surface area contributed by atoms with Gasteiger partial charge in [-0.25, -0.2) is 0 Å². The first-order valence-electron chi connectivity index (χ1n) is 8.23. The molecule has 0 saturated carbocycles. The summed E-state index contributed by atoms with van der Waals surface area (Å²) in [4.78, 5) is 30.8. The van der Waals surface area contributed by atoms with Crippen LogP contribution in [0.5, 0.6) is 0 Å². The number of hydrogen-bond donors (Lipinski definition) is 1. The molecule has 2 amide bonds. The van der Waals surface area contributed by atoms with Gasteiger partial charge in [-0.15, -0.1) is 11.8 Å². The fourth-order valence-electron chi connectivity index (χ4n) is 3.00. The average Bonchev–Trinajstić information content (AvgIpc) is 3.15. The largest absolute Gasteiger partial charge is 0.378 e. The van der Waals surface area contributed by atoms with Gasteiger partial charge in [-0.1, -0.05) is 6.07 Å². The highest BCUT2D eigenvalue weighted by molar-refractivity contribution is 7.99. The van der Waals surface area contributed by atoms with Gasteiger partial charge in [-0.2, -0.15) is 0 Å². The van der Waals surface area contributed by atoms with Crippen LogP contribution in [0.4, 0.5) is 5.69 Å². The average molecular weight is 348 g/mol. The molecular weight excluding hydrogens is 324 g/mol. The van der Waals surface area contributed by atoms with Gasteiger partial charge >= 0.3 is 0 Å². The van der Waals surface area contributed by atoms with Gasteiger partial charge in [0.2, 0.25) is 5.91 Å². The monoisotopic (exact) mass is 348 g/mol. The first-order valence-corrected chi connectivity index (χ1v) is 9.38. The molecule has 2 aliphatic heterocycles. The Hall–Kier alpha value is -1.73. The number of carbonyl (C=O) groups is 2. The number of carbonyl (C=O) groups excluding carboxylic acids is 2. The molecule has 2 heterocycles. The molecule has 2 aliphatic rings. The summed E-state index contributed by atoms with van der Waals surface area (Å²) in [6, 6.07) is 7.60. The second kappa shape index (κ2) is 7.44. The van der Waals surface area contributed by atoms with E-state index in [0.29, 0.717) is 31.7 Å². The van der Waals surface area contributed by atoms with Crippen LogP contribution < -0.4 is 10.2 Å². The maximum Gasteiger partial charge on any atom is 0.254 e. The fraction of sp³-hybridized carbons (Fsp3) is 0.529. The molecule has 0 radical (unpaired) electrons. The van der Waals surface area contributed by atoms with Gasteiger partial charge in [0, 0.05) is 63.2 Å². The summed E-state index contributed by atoms with van der Waals surface area (Å²) in [5.74, 6) is 1.90. The van der Waals surface area contributed by atoms with E-state index < -0.39 is 0 Å². The van der Waals surface area contributed by atoms with Crippen molar-refractivity contribution < 1.29 is 9.59 Å². The molecule has 0 spiro atoms. The molecule has 6 nitrogen and oxygen atoms in total. The van der Waals surface area contributed by atoms with Crippen LogP contribution in [0.1, 0.15) is 10.4 Å². The first-order chi connectivity index (χ1) is 11.6. The van der Waals surface area contributed by atoms with Gasteiger partial charge < -0.3 is 14.7 Å². The topological polar surface area (TPSA) is 55.9 Å². The van der Waals surface area contributed by atoms with Crippen LogP contribution in [0, 0.1) is 0 Å². The minimum absolute atomic E-state index is 0.0420. The van der Waals surface area contributed by atoms with Crippen LogP contribution in [-0.4, -0.2) is 79.6 Å². The highest BCUT2D eigenvalue weighted by atomic mass is 32.2. The summed E-state index contributed by atoms with van der Waals surface area (Å²) < 4.78 is 0. The van der Waals surface area contributed by atoms with Gasteiger partial charge in [0.25, 0.3) is 5.91 Å².